The Morgan fingerprint density at radius 1 is 1.17 bits per heavy atom. The van der Waals surface area contributed by atoms with E-state index in [0.29, 0.717) is 12.1 Å². The summed E-state index contributed by atoms with van der Waals surface area (Å²) in [6, 6.07) is 3.78. The summed E-state index contributed by atoms with van der Waals surface area (Å²) in [7, 11) is 0. The molecule has 1 fully saturated rings. The van der Waals surface area contributed by atoms with Gasteiger partial charge in [-0.15, -0.1) is 0 Å². The van der Waals surface area contributed by atoms with Crippen molar-refractivity contribution in [1.82, 2.24) is 0 Å². The van der Waals surface area contributed by atoms with Crippen molar-refractivity contribution in [1.29, 1.82) is 0 Å². The second-order valence-corrected chi connectivity index (χ2v) is 5.35. The topological polar surface area (TPSA) is 26.0 Å². The first-order valence-corrected chi connectivity index (χ1v) is 6.33. The van der Waals surface area contributed by atoms with Crippen LogP contribution in [0.15, 0.2) is 18.2 Å². The van der Waals surface area contributed by atoms with Gasteiger partial charge in [0.1, 0.15) is 0 Å². The average molecular weight is 278 g/mol. The van der Waals surface area contributed by atoms with E-state index in [0.717, 1.165) is 31.7 Å². The first kappa shape index (κ1) is 13.7. The van der Waals surface area contributed by atoms with Crippen LogP contribution in [0.2, 0.25) is 5.02 Å². The van der Waals surface area contributed by atoms with E-state index < -0.39 is 11.7 Å². The highest BCUT2D eigenvalue weighted by atomic mass is 35.5. The number of hydrogen-bond donors (Lipinski definition) is 1. The van der Waals surface area contributed by atoms with Gasteiger partial charge in [-0.25, -0.2) is 0 Å². The second kappa shape index (κ2) is 4.74. The predicted molar refractivity (Wildman–Crippen MR) is 65.7 cm³/mol. The van der Waals surface area contributed by atoms with E-state index in [2.05, 4.69) is 0 Å². The van der Waals surface area contributed by atoms with Crippen LogP contribution in [0.1, 0.15) is 36.8 Å². The number of hydrogen-bond acceptors (Lipinski definition) is 1. The molecule has 100 valence electrons. The van der Waals surface area contributed by atoms with Crippen LogP contribution in [0.5, 0.6) is 0 Å². The van der Waals surface area contributed by atoms with Crippen molar-refractivity contribution >= 4 is 11.6 Å². The minimum Gasteiger partial charge on any atom is -0.330 e. The molecule has 0 aliphatic heterocycles. The summed E-state index contributed by atoms with van der Waals surface area (Å²) in [5, 5.41) is 0.125. The Labute approximate surface area is 109 Å². The van der Waals surface area contributed by atoms with Crippen molar-refractivity contribution in [3.63, 3.8) is 0 Å². The van der Waals surface area contributed by atoms with Crippen LogP contribution in [0.4, 0.5) is 13.2 Å². The molecule has 1 aliphatic carbocycles. The van der Waals surface area contributed by atoms with Crippen molar-refractivity contribution in [2.24, 2.45) is 5.73 Å². The van der Waals surface area contributed by atoms with Crippen LogP contribution in [0.3, 0.4) is 0 Å². The molecule has 2 N–H and O–H groups in total. The van der Waals surface area contributed by atoms with E-state index in [4.69, 9.17) is 17.3 Å². The van der Waals surface area contributed by atoms with Crippen LogP contribution in [0, 0.1) is 0 Å². The van der Waals surface area contributed by atoms with E-state index in [1.54, 1.807) is 6.07 Å². The van der Waals surface area contributed by atoms with Crippen molar-refractivity contribution in [2.75, 3.05) is 6.54 Å². The minimum absolute atomic E-state index is 0.125. The van der Waals surface area contributed by atoms with E-state index in [1.165, 1.54) is 6.07 Å². The molecule has 0 atom stereocenters. The quantitative estimate of drug-likeness (QED) is 0.864. The van der Waals surface area contributed by atoms with E-state index in [1.807, 2.05) is 0 Å². The van der Waals surface area contributed by atoms with E-state index >= 15 is 0 Å². The Kier molecular flexibility index (Phi) is 3.60. The lowest BCUT2D eigenvalue weighted by Crippen LogP contribution is -2.32. The normalized spacial score (nSPS) is 19.2. The average Bonchev–Trinajstić information content (AvgIpc) is 2.76. The Hall–Kier alpha value is -0.740. The van der Waals surface area contributed by atoms with Crippen molar-refractivity contribution in [2.45, 2.75) is 37.3 Å². The molecule has 0 spiro atoms. The summed E-state index contributed by atoms with van der Waals surface area (Å²) < 4.78 is 38.3. The minimum atomic E-state index is -4.37. The van der Waals surface area contributed by atoms with Gasteiger partial charge in [0.15, 0.2) is 0 Å². The van der Waals surface area contributed by atoms with Gasteiger partial charge in [-0.1, -0.05) is 24.4 Å². The zero-order valence-corrected chi connectivity index (χ0v) is 10.6. The molecule has 1 aliphatic rings. The molecule has 0 heterocycles. The van der Waals surface area contributed by atoms with Crippen LogP contribution in [-0.2, 0) is 11.6 Å². The third kappa shape index (κ3) is 2.50. The maximum atomic E-state index is 12.8. The molecule has 0 amide bonds. The van der Waals surface area contributed by atoms with Gasteiger partial charge in [-0.3, -0.25) is 0 Å². The van der Waals surface area contributed by atoms with Crippen LogP contribution in [-0.4, -0.2) is 6.54 Å². The monoisotopic (exact) mass is 277 g/mol. The first-order valence-electron chi connectivity index (χ1n) is 5.96. The Bertz CT molecular complexity index is 436. The lowest BCUT2D eigenvalue weighted by Gasteiger charge is -2.28. The van der Waals surface area contributed by atoms with Crippen LogP contribution in [0.25, 0.3) is 0 Å². The number of nitrogens with two attached hydrogens (primary N) is 1. The first-order chi connectivity index (χ1) is 8.37. The highest BCUT2D eigenvalue weighted by Gasteiger charge is 2.37. The van der Waals surface area contributed by atoms with Gasteiger partial charge < -0.3 is 5.73 Å². The molecule has 1 aromatic rings. The highest BCUT2D eigenvalue weighted by molar-refractivity contribution is 6.30. The van der Waals surface area contributed by atoms with Crippen molar-refractivity contribution in [3.05, 3.63) is 34.3 Å². The summed E-state index contributed by atoms with van der Waals surface area (Å²) in [5.41, 5.74) is 5.39. The van der Waals surface area contributed by atoms with E-state index in [9.17, 15) is 13.2 Å². The summed E-state index contributed by atoms with van der Waals surface area (Å²) in [6.45, 7) is 0.366. The van der Waals surface area contributed by atoms with Crippen molar-refractivity contribution in [3.8, 4) is 0 Å². The number of benzene rings is 1. The lowest BCUT2D eigenvalue weighted by molar-refractivity contribution is -0.137. The van der Waals surface area contributed by atoms with Gasteiger partial charge in [-0.2, -0.15) is 13.2 Å². The highest BCUT2D eigenvalue weighted by Crippen LogP contribution is 2.43. The Balaban J connectivity index is 2.48. The van der Waals surface area contributed by atoms with Gasteiger partial charge in [0, 0.05) is 17.0 Å². The van der Waals surface area contributed by atoms with Gasteiger partial charge in [0.05, 0.1) is 5.56 Å². The number of alkyl halides is 3. The Morgan fingerprint density at radius 2 is 1.78 bits per heavy atom. The molecule has 0 aromatic heterocycles. The SMILES string of the molecule is NCC1(c2cc(Cl)cc(C(F)(F)F)c2)CCCC1. The molecular weight excluding hydrogens is 263 g/mol. The molecular formula is C13H15ClF3N. The lowest BCUT2D eigenvalue weighted by atomic mass is 9.78. The summed E-state index contributed by atoms with van der Waals surface area (Å²) in [6.07, 6.45) is -0.688. The fourth-order valence-corrected chi connectivity index (χ4v) is 2.96. The fraction of sp³-hybridized carbons (Fsp3) is 0.538. The molecule has 1 aromatic carbocycles. The van der Waals surface area contributed by atoms with Crippen molar-refractivity contribution < 1.29 is 13.2 Å². The molecule has 1 nitrogen and oxygen atoms in total. The van der Waals surface area contributed by atoms with Gasteiger partial charge in [-0.05, 0) is 36.6 Å². The summed E-state index contributed by atoms with van der Waals surface area (Å²) in [5.74, 6) is 0. The molecule has 0 bridgehead atoms. The molecule has 0 saturated heterocycles. The summed E-state index contributed by atoms with van der Waals surface area (Å²) >= 11 is 5.81. The zero-order chi connectivity index (χ0) is 13.4. The summed E-state index contributed by atoms with van der Waals surface area (Å²) in [4.78, 5) is 0. The standard InChI is InChI=1S/C13H15ClF3N/c14-11-6-9(5-10(7-11)13(15,16)17)12(8-18)3-1-2-4-12/h5-7H,1-4,8,18H2. The largest absolute Gasteiger partial charge is 0.416 e. The smallest absolute Gasteiger partial charge is 0.330 e. The third-order valence-electron chi connectivity index (χ3n) is 3.79. The maximum absolute atomic E-state index is 12.8. The van der Waals surface area contributed by atoms with Crippen LogP contribution < -0.4 is 5.73 Å². The van der Waals surface area contributed by atoms with E-state index in [-0.39, 0.29) is 10.4 Å². The molecule has 5 heteroatoms. The van der Waals surface area contributed by atoms with Gasteiger partial charge in [0.25, 0.3) is 0 Å². The molecule has 18 heavy (non-hydrogen) atoms. The van der Waals surface area contributed by atoms with Crippen LogP contribution >= 0.6 is 11.6 Å². The second-order valence-electron chi connectivity index (χ2n) is 4.92. The zero-order valence-electron chi connectivity index (χ0n) is 9.86. The maximum Gasteiger partial charge on any atom is 0.416 e. The van der Waals surface area contributed by atoms with Gasteiger partial charge in [0.2, 0.25) is 0 Å². The molecule has 0 unspecified atom stereocenters. The Morgan fingerprint density at radius 3 is 2.28 bits per heavy atom. The molecule has 1 saturated carbocycles. The molecule has 2 rings (SSSR count). The predicted octanol–water partition coefficient (Wildman–Crippen LogP) is 4.13. The number of rotatable bonds is 2. The van der Waals surface area contributed by atoms with Gasteiger partial charge >= 0.3 is 6.18 Å². The fourth-order valence-electron chi connectivity index (χ4n) is 2.72. The number of halogens is 4. The molecule has 0 radical (unpaired) electrons. The third-order valence-corrected chi connectivity index (χ3v) is 4.01.